The molecule has 0 amide bonds. The van der Waals surface area contributed by atoms with E-state index in [-0.39, 0.29) is 17.3 Å². The number of nitrogen functional groups attached to an aromatic ring is 1. The predicted molar refractivity (Wildman–Crippen MR) is 99.3 cm³/mol. The van der Waals surface area contributed by atoms with Crippen LogP contribution in [-0.4, -0.2) is 14.5 Å². The molecule has 0 saturated heterocycles. The molecule has 0 unspecified atom stereocenters. The van der Waals surface area contributed by atoms with Crippen molar-refractivity contribution in [1.82, 2.24) is 14.5 Å². The van der Waals surface area contributed by atoms with Gasteiger partial charge in [-0.25, -0.2) is 14.4 Å². The zero-order valence-corrected chi connectivity index (χ0v) is 14.2. The Bertz CT molecular complexity index is 1140. The van der Waals surface area contributed by atoms with Gasteiger partial charge in [0, 0.05) is 24.0 Å². The summed E-state index contributed by atoms with van der Waals surface area (Å²) in [5.41, 5.74) is 8.16. The molecule has 7 heteroatoms. The van der Waals surface area contributed by atoms with E-state index in [1.54, 1.807) is 47.3 Å². The Morgan fingerprint density at radius 2 is 1.96 bits per heavy atom. The summed E-state index contributed by atoms with van der Waals surface area (Å²) in [7, 11) is 0. The first-order chi connectivity index (χ1) is 13.1. The third-order valence-corrected chi connectivity index (χ3v) is 4.14. The van der Waals surface area contributed by atoms with E-state index in [2.05, 4.69) is 9.97 Å². The summed E-state index contributed by atoms with van der Waals surface area (Å²) in [6.45, 7) is 0.350. The molecule has 1 aromatic carbocycles. The average molecular weight is 362 g/mol. The lowest BCUT2D eigenvalue weighted by Crippen LogP contribution is -2.19. The molecule has 0 bridgehead atoms. The summed E-state index contributed by atoms with van der Waals surface area (Å²) in [5, 5.41) is 0. The molecule has 0 atom stereocenters. The van der Waals surface area contributed by atoms with Crippen molar-refractivity contribution in [2.75, 3.05) is 5.73 Å². The second-order valence-corrected chi connectivity index (χ2v) is 5.98. The fourth-order valence-electron chi connectivity index (χ4n) is 2.80. The van der Waals surface area contributed by atoms with Crippen molar-refractivity contribution in [2.45, 2.75) is 6.54 Å². The van der Waals surface area contributed by atoms with Crippen LogP contribution in [0.2, 0.25) is 0 Å². The molecule has 3 heterocycles. The molecule has 2 N–H and O–H groups in total. The molecule has 4 aromatic rings. The smallest absolute Gasteiger partial charge is 0.251 e. The van der Waals surface area contributed by atoms with Crippen LogP contribution in [0.4, 0.5) is 10.3 Å². The van der Waals surface area contributed by atoms with Gasteiger partial charge < -0.3 is 14.7 Å². The first-order valence-electron chi connectivity index (χ1n) is 8.22. The zero-order chi connectivity index (χ0) is 18.8. The summed E-state index contributed by atoms with van der Waals surface area (Å²) in [6.07, 6.45) is 4.79. The molecule has 0 aliphatic heterocycles. The van der Waals surface area contributed by atoms with Crippen LogP contribution in [0.25, 0.3) is 22.6 Å². The van der Waals surface area contributed by atoms with E-state index < -0.39 is 0 Å². The summed E-state index contributed by atoms with van der Waals surface area (Å²) in [6, 6.07) is 12.9. The van der Waals surface area contributed by atoms with Gasteiger partial charge in [0.1, 0.15) is 11.5 Å². The van der Waals surface area contributed by atoms with E-state index in [0.717, 1.165) is 5.56 Å². The Kier molecular flexibility index (Phi) is 4.25. The average Bonchev–Trinajstić information content (AvgIpc) is 3.20. The summed E-state index contributed by atoms with van der Waals surface area (Å²) < 4.78 is 20.0. The Morgan fingerprint density at radius 3 is 2.67 bits per heavy atom. The van der Waals surface area contributed by atoms with Gasteiger partial charge in [0.2, 0.25) is 5.95 Å². The summed E-state index contributed by atoms with van der Waals surface area (Å²) in [5.74, 6) is 0.347. The maximum atomic E-state index is 13.0. The Labute approximate surface area is 153 Å². The highest BCUT2D eigenvalue weighted by molar-refractivity contribution is 5.78. The third kappa shape index (κ3) is 3.48. The number of hydrogen-bond acceptors (Lipinski definition) is 5. The van der Waals surface area contributed by atoms with E-state index in [4.69, 9.17) is 10.2 Å². The number of furan rings is 1. The third-order valence-electron chi connectivity index (χ3n) is 4.14. The molecule has 6 nitrogen and oxygen atoms in total. The number of anilines is 1. The van der Waals surface area contributed by atoms with Gasteiger partial charge in [0.15, 0.2) is 5.76 Å². The van der Waals surface area contributed by atoms with Gasteiger partial charge in [-0.15, -0.1) is 0 Å². The molecule has 0 spiro atoms. The molecule has 0 saturated carbocycles. The van der Waals surface area contributed by atoms with Crippen molar-refractivity contribution in [3.05, 3.63) is 88.9 Å². The lowest BCUT2D eigenvalue weighted by Gasteiger charge is -2.10. The highest BCUT2D eigenvalue weighted by Gasteiger charge is 2.14. The van der Waals surface area contributed by atoms with Crippen LogP contribution in [0, 0.1) is 5.82 Å². The molecule has 3 aromatic heterocycles. The number of aromatic nitrogens is 3. The zero-order valence-electron chi connectivity index (χ0n) is 14.2. The van der Waals surface area contributed by atoms with Crippen molar-refractivity contribution in [2.24, 2.45) is 0 Å². The summed E-state index contributed by atoms with van der Waals surface area (Å²) >= 11 is 0. The van der Waals surface area contributed by atoms with Gasteiger partial charge in [0.25, 0.3) is 5.56 Å². The van der Waals surface area contributed by atoms with E-state index in [1.807, 2.05) is 0 Å². The van der Waals surface area contributed by atoms with Gasteiger partial charge in [-0.3, -0.25) is 4.79 Å². The van der Waals surface area contributed by atoms with Crippen molar-refractivity contribution in [1.29, 1.82) is 0 Å². The lowest BCUT2D eigenvalue weighted by atomic mass is 10.1. The molecule has 0 aliphatic carbocycles. The molecular formula is C20H15FN4O2. The fraction of sp³-hybridized carbons (Fsp3) is 0.0500. The normalized spacial score (nSPS) is 10.9. The number of halogens is 1. The molecule has 27 heavy (non-hydrogen) atoms. The quantitative estimate of drug-likeness (QED) is 0.602. The van der Waals surface area contributed by atoms with Crippen molar-refractivity contribution < 1.29 is 8.81 Å². The van der Waals surface area contributed by atoms with Gasteiger partial charge in [0.05, 0.1) is 12.8 Å². The van der Waals surface area contributed by atoms with Gasteiger partial charge in [-0.05, 0) is 41.5 Å². The summed E-state index contributed by atoms with van der Waals surface area (Å²) in [4.78, 5) is 20.8. The first kappa shape index (κ1) is 16.7. The molecule has 134 valence electrons. The number of pyridine rings is 1. The van der Waals surface area contributed by atoms with Crippen molar-refractivity contribution in [3.63, 3.8) is 0 Å². The van der Waals surface area contributed by atoms with E-state index in [9.17, 15) is 9.18 Å². The fourth-order valence-corrected chi connectivity index (χ4v) is 2.80. The lowest BCUT2D eigenvalue weighted by molar-refractivity contribution is 0.580. The monoisotopic (exact) mass is 362 g/mol. The Morgan fingerprint density at radius 1 is 1.15 bits per heavy atom. The Balaban J connectivity index is 1.71. The number of rotatable bonds is 4. The number of nitrogens with two attached hydrogens (primary N) is 1. The van der Waals surface area contributed by atoms with Gasteiger partial charge in [-0.2, -0.15) is 0 Å². The number of nitrogens with zero attached hydrogens (tertiary/aromatic N) is 3. The largest absolute Gasteiger partial charge is 0.463 e. The minimum atomic E-state index is -0.310. The molecule has 0 fully saturated rings. The first-order valence-corrected chi connectivity index (χ1v) is 8.22. The van der Waals surface area contributed by atoms with Crippen LogP contribution in [0.3, 0.4) is 0 Å². The van der Waals surface area contributed by atoms with E-state index in [0.29, 0.717) is 29.1 Å². The SMILES string of the molecule is Nc1ncc(-c2ccn(Cc3ccc(F)cc3)c(=O)c2)c(-c2ccco2)n1. The maximum Gasteiger partial charge on any atom is 0.251 e. The van der Waals surface area contributed by atoms with Crippen LogP contribution in [0.5, 0.6) is 0 Å². The van der Waals surface area contributed by atoms with E-state index >= 15 is 0 Å². The minimum Gasteiger partial charge on any atom is -0.463 e. The van der Waals surface area contributed by atoms with Crippen LogP contribution in [-0.2, 0) is 6.54 Å². The van der Waals surface area contributed by atoms with Crippen LogP contribution < -0.4 is 11.3 Å². The van der Waals surface area contributed by atoms with E-state index in [1.165, 1.54) is 24.5 Å². The van der Waals surface area contributed by atoms with Crippen LogP contribution in [0.15, 0.2) is 76.4 Å². The molecular weight excluding hydrogens is 347 g/mol. The predicted octanol–water partition coefficient (Wildman–Crippen LogP) is 3.33. The topological polar surface area (TPSA) is 86.9 Å². The van der Waals surface area contributed by atoms with Gasteiger partial charge >= 0.3 is 0 Å². The molecule has 4 rings (SSSR count). The van der Waals surface area contributed by atoms with Crippen molar-refractivity contribution in [3.8, 4) is 22.6 Å². The highest BCUT2D eigenvalue weighted by atomic mass is 19.1. The Hall–Kier alpha value is -3.74. The van der Waals surface area contributed by atoms with Crippen LogP contribution >= 0.6 is 0 Å². The highest BCUT2D eigenvalue weighted by Crippen LogP contribution is 2.30. The van der Waals surface area contributed by atoms with Crippen LogP contribution in [0.1, 0.15) is 5.56 Å². The molecule has 0 aliphatic rings. The maximum absolute atomic E-state index is 13.0. The second kappa shape index (κ2) is 6.87. The van der Waals surface area contributed by atoms with Gasteiger partial charge in [-0.1, -0.05) is 12.1 Å². The van der Waals surface area contributed by atoms with Crippen molar-refractivity contribution >= 4 is 5.95 Å². The molecule has 0 radical (unpaired) electrons. The number of benzene rings is 1. The standard InChI is InChI=1S/C20H15FN4O2/c21-15-5-3-13(4-6-15)12-25-8-7-14(10-18(25)26)16-11-23-20(22)24-19(16)17-2-1-9-27-17/h1-11H,12H2,(H2,22,23,24). The second-order valence-electron chi connectivity index (χ2n) is 5.98. The minimum absolute atomic E-state index is 0.120. The number of hydrogen-bond donors (Lipinski definition) is 1.